The monoisotopic (exact) mass is 322 g/mol. The average molecular weight is 322 g/mol. The summed E-state index contributed by atoms with van der Waals surface area (Å²) in [5, 5.41) is 10.9. The van der Waals surface area contributed by atoms with Crippen LogP contribution in [0.15, 0.2) is 10.3 Å². The number of thiophene rings is 1. The number of aryl methyl sites for hydroxylation is 1. The number of likely N-dealkylation sites (N-methyl/N-ethyl adjacent to an activating group) is 1. The number of hydrogen-bond donors (Lipinski definition) is 2. The second kappa shape index (κ2) is 8.06. The molecule has 1 heterocycles. The number of nitrogens with one attached hydrogen (secondary N) is 1. The van der Waals surface area contributed by atoms with Crippen molar-refractivity contribution in [2.24, 2.45) is 0 Å². The van der Waals surface area contributed by atoms with Crippen LogP contribution >= 0.6 is 11.3 Å². The summed E-state index contributed by atoms with van der Waals surface area (Å²) in [6.07, 6.45) is 0. The fourth-order valence-corrected chi connectivity index (χ4v) is 4.44. The van der Waals surface area contributed by atoms with Crippen LogP contribution in [0.5, 0.6) is 0 Å². The van der Waals surface area contributed by atoms with Gasteiger partial charge in [0.1, 0.15) is 4.90 Å². The Morgan fingerprint density at radius 2 is 2.15 bits per heavy atom. The highest BCUT2D eigenvalue weighted by Gasteiger charge is 2.22. The lowest BCUT2D eigenvalue weighted by molar-refractivity contribution is 0.162. The molecule has 0 aromatic carbocycles. The minimum atomic E-state index is -3.56. The highest BCUT2D eigenvalue weighted by molar-refractivity contribution is 7.89. The second-order valence-corrected chi connectivity index (χ2v) is 7.19. The van der Waals surface area contributed by atoms with Crippen molar-refractivity contribution >= 4 is 21.4 Å². The molecule has 2 N–H and O–H groups in total. The van der Waals surface area contributed by atoms with Crippen molar-refractivity contribution in [1.29, 1.82) is 0 Å². The predicted octanol–water partition coefficient (Wildman–Crippen LogP) is 0.405. The van der Waals surface area contributed by atoms with Crippen molar-refractivity contribution in [3.05, 3.63) is 15.8 Å². The van der Waals surface area contributed by atoms with Crippen molar-refractivity contribution in [3.8, 4) is 0 Å². The van der Waals surface area contributed by atoms with Crippen LogP contribution in [0.3, 0.4) is 0 Å². The summed E-state index contributed by atoms with van der Waals surface area (Å²) in [5.74, 6) is 0. The third kappa shape index (κ3) is 4.80. The van der Waals surface area contributed by atoms with Crippen LogP contribution in [0, 0.1) is 6.92 Å². The van der Waals surface area contributed by atoms with E-state index in [0.717, 1.165) is 6.54 Å². The maximum absolute atomic E-state index is 12.2. The smallest absolute Gasteiger partial charge is 0.242 e. The molecule has 0 aliphatic heterocycles. The SMILES string of the molecule is COCCN(C)CCNS(=O)(=O)c1c(C)csc1CO. The Balaban J connectivity index is 2.60. The molecule has 0 aliphatic carbocycles. The Bertz CT molecular complexity index is 514. The zero-order valence-electron chi connectivity index (χ0n) is 12.0. The van der Waals surface area contributed by atoms with E-state index in [9.17, 15) is 13.5 Å². The average Bonchev–Trinajstić information content (AvgIpc) is 2.78. The predicted molar refractivity (Wildman–Crippen MR) is 79.5 cm³/mol. The molecule has 0 atom stereocenters. The van der Waals surface area contributed by atoms with E-state index in [0.29, 0.717) is 30.1 Å². The van der Waals surface area contributed by atoms with Gasteiger partial charge in [0.25, 0.3) is 0 Å². The number of aliphatic hydroxyl groups is 1. The van der Waals surface area contributed by atoms with E-state index in [4.69, 9.17) is 4.74 Å². The molecule has 1 aromatic rings. The van der Waals surface area contributed by atoms with Crippen LogP contribution < -0.4 is 4.72 Å². The largest absolute Gasteiger partial charge is 0.391 e. The highest BCUT2D eigenvalue weighted by atomic mass is 32.2. The second-order valence-electron chi connectivity index (χ2n) is 4.52. The minimum Gasteiger partial charge on any atom is -0.391 e. The Kier molecular flexibility index (Phi) is 7.07. The summed E-state index contributed by atoms with van der Waals surface area (Å²) in [6.45, 7) is 3.75. The number of methoxy groups -OCH3 is 1. The Morgan fingerprint density at radius 3 is 2.75 bits per heavy atom. The number of hydrogen-bond acceptors (Lipinski definition) is 6. The highest BCUT2D eigenvalue weighted by Crippen LogP contribution is 2.26. The molecule has 6 nitrogen and oxygen atoms in total. The van der Waals surface area contributed by atoms with Gasteiger partial charge in [-0.15, -0.1) is 11.3 Å². The van der Waals surface area contributed by atoms with Crippen LogP contribution in [-0.4, -0.2) is 58.8 Å². The van der Waals surface area contributed by atoms with E-state index in [1.54, 1.807) is 19.4 Å². The van der Waals surface area contributed by atoms with Gasteiger partial charge in [0.15, 0.2) is 0 Å². The lowest BCUT2D eigenvalue weighted by atomic mass is 10.3. The number of sulfonamides is 1. The van der Waals surface area contributed by atoms with Crippen molar-refractivity contribution in [2.75, 3.05) is 40.4 Å². The fraction of sp³-hybridized carbons (Fsp3) is 0.667. The maximum atomic E-state index is 12.2. The van der Waals surface area contributed by atoms with Gasteiger partial charge >= 0.3 is 0 Å². The quantitative estimate of drug-likeness (QED) is 0.688. The van der Waals surface area contributed by atoms with Crippen LogP contribution in [0.25, 0.3) is 0 Å². The molecule has 0 saturated carbocycles. The first-order valence-corrected chi connectivity index (χ1v) is 8.63. The molecule has 116 valence electrons. The summed E-state index contributed by atoms with van der Waals surface area (Å²) < 4.78 is 32.0. The molecule has 8 heteroatoms. The van der Waals surface area contributed by atoms with Gasteiger partial charge in [-0.3, -0.25) is 0 Å². The topological polar surface area (TPSA) is 78.9 Å². The molecule has 20 heavy (non-hydrogen) atoms. The van der Waals surface area contributed by atoms with Gasteiger partial charge in [0, 0.05) is 26.7 Å². The van der Waals surface area contributed by atoms with E-state index < -0.39 is 10.0 Å². The van der Waals surface area contributed by atoms with E-state index in [-0.39, 0.29) is 11.5 Å². The van der Waals surface area contributed by atoms with Gasteiger partial charge in [0.2, 0.25) is 10.0 Å². The lowest BCUT2D eigenvalue weighted by Crippen LogP contribution is -2.34. The summed E-state index contributed by atoms with van der Waals surface area (Å²) in [4.78, 5) is 2.67. The summed E-state index contributed by atoms with van der Waals surface area (Å²) in [5.41, 5.74) is 0.666. The molecule has 0 bridgehead atoms. The molecule has 0 fully saturated rings. The molecule has 0 unspecified atom stereocenters. The van der Waals surface area contributed by atoms with E-state index in [1.807, 2.05) is 11.9 Å². The molecule has 0 aliphatic rings. The lowest BCUT2D eigenvalue weighted by Gasteiger charge is -2.16. The third-order valence-electron chi connectivity index (χ3n) is 2.86. The van der Waals surface area contributed by atoms with Gasteiger partial charge in [-0.05, 0) is 24.9 Å². The molecule has 0 amide bonds. The van der Waals surface area contributed by atoms with Crippen molar-refractivity contribution in [2.45, 2.75) is 18.4 Å². The Hall–Kier alpha value is -0.510. The standard InChI is InChI=1S/C12H22N2O4S2/c1-10-9-19-11(8-15)12(10)20(16,17)13-4-5-14(2)6-7-18-3/h9,13,15H,4-8H2,1-3H3. The number of ether oxygens (including phenoxy) is 1. The first-order chi connectivity index (χ1) is 9.42. The van der Waals surface area contributed by atoms with Gasteiger partial charge in [-0.25, -0.2) is 13.1 Å². The van der Waals surface area contributed by atoms with Crippen molar-refractivity contribution in [1.82, 2.24) is 9.62 Å². The summed E-state index contributed by atoms with van der Waals surface area (Å²) in [6, 6.07) is 0. The van der Waals surface area contributed by atoms with E-state index >= 15 is 0 Å². The van der Waals surface area contributed by atoms with Crippen LogP contribution in [0.1, 0.15) is 10.4 Å². The fourth-order valence-electron chi connectivity index (χ4n) is 1.76. The number of aliphatic hydroxyl groups excluding tert-OH is 1. The van der Waals surface area contributed by atoms with Gasteiger partial charge in [0.05, 0.1) is 18.1 Å². The van der Waals surface area contributed by atoms with E-state index in [2.05, 4.69) is 4.72 Å². The molecule has 0 radical (unpaired) electrons. The summed E-state index contributed by atoms with van der Waals surface area (Å²) in [7, 11) is -0.0277. The van der Waals surface area contributed by atoms with E-state index in [1.165, 1.54) is 11.3 Å². The van der Waals surface area contributed by atoms with Gasteiger partial charge < -0.3 is 14.7 Å². The van der Waals surface area contributed by atoms with Crippen molar-refractivity contribution in [3.63, 3.8) is 0 Å². The number of nitrogens with zero attached hydrogens (tertiary/aromatic N) is 1. The molecular weight excluding hydrogens is 300 g/mol. The zero-order valence-corrected chi connectivity index (χ0v) is 13.7. The third-order valence-corrected chi connectivity index (χ3v) is 5.77. The van der Waals surface area contributed by atoms with Crippen LogP contribution in [0.4, 0.5) is 0 Å². The van der Waals surface area contributed by atoms with Gasteiger partial charge in [-0.2, -0.15) is 0 Å². The minimum absolute atomic E-state index is 0.213. The molecule has 0 spiro atoms. The molecule has 1 aromatic heterocycles. The first-order valence-electron chi connectivity index (χ1n) is 6.27. The Morgan fingerprint density at radius 1 is 1.45 bits per heavy atom. The Labute approximate surface area is 124 Å². The van der Waals surface area contributed by atoms with Crippen LogP contribution in [-0.2, 0) is 21.4 Å². The summed E-state index contributed by atoms with van der Waals surface area (Å²) >= 11 is 1.26. The first kappa shape index (κ1) is 17.5. The molecule has 1 rings (SSSR count). The maximum Gasteiger partial charge on any atom is 0.242 e. The van der Waals surface area contributed by atoms with Gasteiger partial charge in [-0.1, -0.05) is 0 Å². The number of rotatable bonds is 9. The van der Waals surface area contributed by atoms with Crippen LogP contribution in [0.2, 0.25) is 0 Å². The normalized spacial score (nSPS) is 12.2. The molecule has 0 saturated heterocycles. The molecular formula is C12H22N2O4S2. The zero-order chi connectivity index (χ0) is 15.2. The van der Waals surface area contributed by atoms with Crippen molar-refractivity contribution < 1.29 is 18.3 Å².